The molecule has 32 heavy (non-hydrogen) atoms. The van der Waals surface area contributed by atoms with Crippen molar-refractivity contribution >= 4 is 44.8 Å². The van der Waals surface area contributed by atoms with Crippen molar-refractivity contribution in [3.8, 4) is 5.75 Å². The Labute approximate surface area is 185 Å². The molecule has 10 nitrogen and oxygen atoms in total. The first-order chi connectivity index (χ1) is 15.0. The Morgan fingerprint density at radius 2 is 1.75 bits per heavy atom. The van der Waals surface area contributed by atoms with E-state index in [9.17, 15) is 13.2 Å². The Bertz CT molecular complexity index is 1310. The van der Waals surface area contributed by atoms with Gasteiger partial charge in [-0.1, -0.05) is 0 Å². The van der Waals surface area contributed by atoms with Crippen molar-refractivity contribution in [1.82, 2.24) is 9.97 Å². The zero-order valence-electron chi connectivity index (χ0n) is 17.6. The highest BCUT2D eigenvalue weighted by Crippen LogP contribution is 2.36. The summed E-state index contributed by atoms with van der Waals surface area (Å²) in [5.74, 6) is 1.25. The molecule has 0 spiro atoms. The van der Waals surface area contributed by atoms with E-state index in [-0.39, 0.29) is 10.8 Å². The van der Waals surface area contributed by atoms with E-state index in [2.05, 4.69) is 25.9 Å². The molecule has 166 valence electrons. The quantitative estimate of drug-likeness (QED) is 0.460. The summed E-state index contributed by atoms with van der Waals surface area (Å²) in [4.78, 5) is 20.9. The third-order valence-electron chi connectivity index (χ3n) is 4.81. The Kier molecular flexibility index (Phi) is 5.23. The molecule has 4 rings (SSSR count). The molecular weight excluding hydrogens is 432 g/mol. The van der Waals surface area contributed by atoms with Crippen LogP contribution in [0, 0.1) is 6.92 Å². The molecule has 3 aromatic rings. The van der Waals surface area contributed by atoms with E-state index < -0.39 is 15.6 Å². The van der Waals surface area contributed by atoms with Crippen molar-refractivity contribution in [3.63, 3.8) is 0 Å². The molecule has 11 heteroatoms. The van der Waals surface area contributed by atoms with Gasteiger partial charge in [-0.25, -0.2) is 18.5 Å². The first-order valence-corrected chi connectivity index (χ1v) is 11.2. The Morgan fingerprint density at radius 1 is 1.06 bits per heavy atom. The highest BCUT2D eigenvalue weighted by Gasteiger charge is 2.35. The summed E-state index contributed by atoms with van der Waals surface area (Å²) in [6.07, 6.45) is 1.65. The minimum Gasteiger partial charge on any atom is -0.476 e. The van der Waals surface area contributed by atoms with E-state index >= 15 is 0 Å². The topological polar surface area (TPSA) is 148 Å². The fourth-order valence-corrected chi connectivity index (χ4v) is 3.53. The van der Waals surface area contributed by atoms with Crippen LogP contribution < -0.4 is 25.8 Å². The largest absolute Gasteiger partial charge is 0.476 e. The average Bonchev–Trinajstić information content (AvgIpc) is 2.71. The van der Waals surface area contributed by atoms with Gasteiger partial charge in [0, 0.05) is 23.1 Å². The van der Waals surface area contributed by atoms with Crippen LogP contribution in [0.3, 0.4) is 0 Å². The summed E-state index contributed by atoms with van der Waals surface area (Å²) < 4.78 is 28.5. The molecule has 0 bridgehead atoms. The van der Waals surface area contributed by atoms with Gasteiger partial charge in [0.2, 0.25) is 16.0 Å². The normalized spacial score (nSPS) is 14.7. The first kappa shape index (κ1) is 21.5. The van der Waals surface area contributed by atoms with Gasteiger partial charge in [-0.05, 0) is 63.2 Å². The number of anilines is 5. The Balaban J connectivity index is 1.54. The molecule has 0 aliphatic carbocycles. The van der Waals surface area contributed by atoms with E-state index in [1.54, 1.807) is 44.3 Å². The summed E-state index contributed by atoms with van der Waals surface area (Å²) >= 11 is 0. The highest BCUT2D eigenvalue weighted by molar-refractivity contribution is 7.89. The van der Waals surface area contributed by atoms with Crippen molar-refractivity contribution in [2.24, 2.45) is 5.14 Å². The van der Waals surface area contributed by atoms with Crippen LogP contribution in [-0.2, 0) is 14.8 Å². The number of fused-ring (bicyclic) bond motifs is 1. The number of nitrogens with one attached hydrogen (secondary N) is 3. The number of primary sulfonamides is 1. The van der Waals surface area contributed by atoms with Gasteiger partial charge in [0.05, 0.1) is 10.6 Å². The van der Waals surface area contributed by atoms with Crippen LogP contribution in [0.25, 0.3) is 0 Å². The minimum atomic E-state index is -3.76. The number of aromatic nitrogens is 2. The molecule has 1 aliphatic rings. The molecule has 0 radical (unpaired) electrons. The van der Waals surface area contributed by atoms with Crippen LogP contribution in [0.2, 0.25) is 0 Å². The maximum Gasteiger partial charge on any atom is 0.268 e. The second kappa shape index (κ2) is 7.77. The number of hydrogen-bond acceptors (Lipinski definition) is 8. The van der Waals surface area contributed by atoms with Gasteiger partial charge < -0.3 is 20.7 Å². The van der Waals surface area contributed by atoms with Crippen molar-refractivity contribution < 1.29 is 17.9 Å². The fourth-order valence-electron chi connectivity index (χ4n) is 3.01. The third kappa shape index (κ3) is 4.48. The monoisotopic (exact) mass is 454 g/mol. The predicted molar refractivity (Wildman–Crippen MR) is 121 cm³/mol. The molecule has 0 saturated carbocycles. The molecule has 1 aliphatic heterocycles. The molecule has 2 heterocycles. The van der Waals surface area contributed by atoms with Gasteiger partial charge >= 0.3 is 0 Å². The fraction of sp³-hybridized carbons (Fsp3) is 0.190. The van der Waals surface area contributed by atoms with Gasteiger partial charge in [-0.2, -0.15) is 4.98 Å². The number of ether oxygens (including phenoxy) is 1. The number of hydrogen-bond donors (Lipinski definition) is 4. The van der Waals surface area contributed by atoms with Gasteiger partial charge in [0.25, 0.3) is 5.91 Å². The number of benzene rings is 2. The number of nitrogens with two attached hydrogens (primary N) is 1. The van der Waals surface area contributed by atoms with E-state index in [1.807, 2.05) is 13.0 Å². The molecule has 0 saturated heterocycles. The lowest BCUT2D eigenvalue weighted by Gasteiger charge is -2.31. The number of carbonyl (C=O) groups excluding carboxylic acids is 1. The first-order valence-electron chi connectivity index (χ1n) is 9.66. The van der Waals surface area contributed by atoms with E-state index in [0.29, 0.717) is 34.6 Å². The number of carbonyl (C=O) groups is 1. The van der Waals surface area contributed by atoms with Crippen LogP contribution in [-0.4, -0.2) is 29.9 Å². The van der Waals surface area contributed by atoms with Gasteiger partial charge in [-0.15, -0.1) is 0 Å². The van der Waals surface area contributed by atoms with Gasteiger partial charge in [0.1, 0.15) is 11.6 Å². The number of amides is 1. The van der Waals surface area contributed by atoms with E-state index in [4.69, 9.17) is 9.88 Å². The summed E-state index contributed by atoms with van der Waals surface area (Å²) in [6.45, 7) is 5.27. The lowest BCUT2D eigenvalue weighted by molar-refractivity contribution is -0.129. The Hall–Kier alpha value is -3.70. The van der Waals surface area contributed by atoms with Crippen LogP contribution in [0.4, 0.5) is 28.8 Å². The molecule has 1 amide bonds. The van der Waals surface area contributed by atoms with Crippen LogP contribution in [0.5, 0.6) is 5.75 Å². The van der Waals surface area contributed by atoms with Crippen LogP contribution in [0.15, 0.2) is 53.6 Å². The summed E-state index contributed by atoms with van der Waals surface area (Å²) in [5, 5.41) is 14.2. The standard InChI is InChI=1S/C21H22N6O4S/c1-12-11-23-20(25-13-4-7-15(8-5-13)32(22,29)30)27-18(12)24-14-6-9-17-16(10-14)26-19(28)21(2,3)31-17/h4-11H,1-3H3,(H,26,28)(H2,22,29,30)(H2,23,24,25,27). The van der Waals surface area contributed by atoms with Gasteiger partial charge in [0.15, 0.2) is 5.60 Å². The lowest BCUT2D eigenvalue weighted by Crippen LogP contribution is -2.45. The summed E-state index contributed by atoms with van der Waals surface area (Å²) in [6, 6.07) is 11.3. The smallest absolute Gasteiger partial charge is 0.268 e. The van der Waals surface area contributed by atoms with Crippen LogP contribution >= 0.6 is 0 Å². The third-order valence-corrected chi connectivity index (χ3v) is 5.74. The molecule has 0 fully saturated rings. The van der Waals surface area contributed by atoms with Crippen molar-refractivity contribution in [2.75, 3.05) is 16.0 Å². The zero-order chi connectivity index (χ0) is 23.1. The molecule has 5 N–H and O–H groups in total. The second-order valence-electron chi connectivity index (χ2n) is 7.82. The maximum absolute atomic E-state index is 12.2. The van der Waals surface area contributed by atoms with Crippen molar-refractivity contribution in [3.05, 3.63) is 54.2 Å². The lowest BCUT2D eigenvalue weighted by atomic mass is 10.1. The molecule has 2 aromatic carbocycles. The number of rotatable bonds is 5. The highest BCUT2D eigenvalue weighted by atomic mass is 32.2. The molecule has 1 aromatic heterocycles. The van der Waals surface area contributed by atoms with E-state index in [0.717, 1.165) is 5.56 Å². The summed E-state index contributed by atoms with van der Waals surface area (Å²) in [5.41, 5.74) is 1.75. The second-order valence-corrected chi connectivity index (χ2v) is 9.38. The number of sulfonamides is 1. The molecular formula is C21H22N6O4S. The van der Waals surface area contributed by atoms with Crippen LogP contribution in [0.1, 0.15) is 19.4 Å². The number of aryl methyl sites for hydroxylation is 1. The molecule has 0 atom stereocenters. The van der Waals surface area contributed by atoms with Crippen molar-refractivity contribution in [1.29, 1.82) is 0 Å². The maximum atomic E-state index is 12.2. The zero-order valence-corrected chi connectivity index (χ0v) is 18.4. The van der Waals surface area contributed by atoms with E-state index in [1.165, 1.54) is 12.1 Å². The number of nitrogens with zero attached hydrogens (tertiary/aromatic N) is 2. The molecule has 0 unspecified atom stereocenters. The summed E-state index contributed by atoms with van der Waals surface area (Å²) in [7, 11) is -3.76. The SMILES string of the molecule is Cc1cnc(Nc2ccc(S(N)(=O)=O)cc2)nc1Nc1ccc2c(c1)NC(=O)C(C)(C)O2. The minimum absolute atomic E-state index is 0.0158. The average molecular weight is 455 g/mol. The predicted octanol–water partition coefficient (Wildman–Crippen LogP) is 3.03. The van der Waals surface area contributed by atoms with Crippen molar-refractivity contribution in [2.45, 2.75) is 31.3 Å². The van der Waals surface area contributed by atoms with Gasteiger partial charge in [-0.3, -0.25) is 4.79 Å². The Morgan fingerprint density at radius 3 is 2.44 bits per heavy atom.